The number of aliphatic hydroxyl groups excluding tert-OH is 1. The second-order valence-corrected chi connectivity index (χ2v) is 3.59. The Morgan fingerprint density at radius 2 is 2.27 bits per heavy atom. The van der Waals surface area contributed by atoms with E-state index in [1.165, 1.54) is 6.08 Å². The van der Waals surface area contributed by atoms with E-state index in [1.54, 1.807) is 19.9 Å². The number of carbonyl (C=O) groups is 2. The van der Waals surface area contributed by atoms with E-state index in [4.69, 9.17) is 9.84 Å². The summed E-state index contributed by atoms with van der Waals surface area (Å²) in [4.78, 5) is 22.3. The number of allylic oxidation sites excluding steroid dienone is 3. The summed E-state index contributed by atoms with van der Waals surface area (Å²) in [6.45, 7) is 3.13. The fourth-order valence-electron chi connectivity index (χ4n) is 1.56. The van der Waals surface area contributed by atoms with Crippen molar-refractivity contribution in [2.24, 2.45) is 5.41 Å². The number of ether oxygens (including phenoxy) is 1. The highest BCUT2D eigenvalue weighted by atomic mass is 16.5. The molecule has 82 valence electrons. The molecule has 0 saturated heterocycles. The van der Waals surface area contributed by atoms with Gasteiger partial charge in [0.05, 0.1) is 5.41 Å². The molecule has 0 aliphatic carbocycles. The highest BCUT2D eigenvalue weighted by Crippen LogP contribution is 2.31. The molecular formula is C11H14O4. The van der Waals surface area contributed by atoms with E-state index in [9.17, 15) is 9.59 Å². The molecule has 0 fully saturated rings. The number of hydrogen-bond acceptors (Lipinski definition) is 4. The van der Waals surface area contributed by atoms with Crippen LogP contribution in [0.1, 0.15) is 20.3 Å². The minimum Gasteiger partial charge on any atom is -0.456 e. The monoisotopic (exact) mass is 210 g/mol. The number of rotatable bonds is 4. The van der Waals surface area contributed by atoms with Crippen molar-refractivity contribution in [3.63, 3.8) is 0 Å². The summed E-state index contributed by atoms with van der Waals surface area (Å²) in [5.41, 5.74) is -0.846. The van der Waals surface area contributed by atoms with Crippen molar-refractivity contribution in [2.45, 2.75) is 20.3 Å². The third kappa shape index (κ3) is 2.33. The zero-order valence-corrected chi connectivity index (χ0v) is 8.82. The van der Waals surface area contributed by atoms with Gasteiger partial charge in [-0.25, -0.2) is 0 Å². The van der Waals surface area contributed by atoms with Crippen LogP contribution >= 0.6 is 0 Å². The Bertz CT molecular complexity index is 340. The largest absolute Gasteiger partial charge is 0.456 e. The Hall–Kier alpha value is -1.42. The van der Waals surface area contributed by atoms with Gasteiger partial charge in [0.25, 0.3) is 0 Å². The lowest BCUT2D eigenvalue weighted by Crippen LogP contribution is -2.27. The highest BCUT2D eigenvalue weighted by molar-refractivity contribution is 5.90. The molecule has 0 aromatic carbocycles. The van der Waals surface area contributed by atoms with Crippen LogP contribution in [0.5, 0.6) is 0 Å². The van der Waals surface area contributed by atoms with Gasteiger partial charge in [-0.05, 0) is 19.1 Å². The van der Waals surface area contributed by atoms with Crippen molar-refractivity contribution in [3.05, 3.63) is 23.7 Å². The van der Waals surface area contributed by atoms with Gasteiger partial charge in [0.1, 0.15) is 18.1 Å². The molecule has 15 heavy (non-hydrogen) atoms. The fourth-order valence-corrected chi connectivity index (χ4v) is 1.56. The summed E-state index contributed by atoms with van der Waals surface area (Å²) < 4.78 is 5.03. The standard InChI is InChI=1S/C11H14O4/c1-3-10(14)11(2)4-8(6-12)15-9(5-11)7-13/h4-6,13H,3,7H2,1-2H3. The fraction of sp³-hybridized carbons (Fsp3) is 0.455. The number of aldehydes is 1. The smallest absolute Gasteiger partial charge is 0.185 e. The minimum absolute atomic E-state index is 0.0175. The van der Waals surface area contributed by atoms with Crippen LogP contribution in [-0.2, 0) is 14.3 Å². The van der Waals surface area contributed by atoms with E-state index in [2.05, 4.69) is 0 Å². The van der Waals surface area contributed by atoms with E-state index in [1.807, 2.05) is 0 Å². The molecule has 1 heterocycles. The molecule has 0 radical (unpaired) electrons. The average Bonchev–Trinajstić information content (AvgIpc) is 2.26. The van der Waals surface area contributed by atoms with Crippen LogP contribution in [0.25, 0.3) is 0 Å². The third-order valence-corrected chi connectivity index (χ3v) is 2.35. The number of Topliss-reactive ketones (excluding diaryl/α,β-unsaturated/α-hetero) is 1. The highest BCUT2D eigenvalue weighted by Gasteiger charge is 2.32. The third-order valence-electron chi connectivity index (χ3n) is 2.35. The van der Waals surface area contributed by atoms with Gasteiger partial charge in [0.2, 0.25) is 0 Å². The van der Waals surface area contributed by atoms with Crippen molar-refractivity contribution in [1.29, 1.82) is 0 Å². The summed E-state index contributed by atoms with van der Waals surface area (Å²) in [5, 5.41) is 8.94. The van der Waals surface area contributed by atoms with Crippen LogP contribution in [0.3, 0.4) is 0 Å². The molecule has 1 rings (SSSR count). The van der Waals surface area contributed by atoms with Gasteiger partial charge in [0, 0.05) is 6.42 Å². The maximum atomic E-state index is 11.7. The first-order chi connectivity index (χ1) is 7.05. The predicted molar refractivity (Wildman–Crippen MR) is 53.8 cm³/mol. The molecule has 1 atom stereocenters. The van der Waals surface area contributed by atoms with Gasteiger partial charge in [-0.3, -0.25) is 9.59 Å². The average molecular weight is 210 g/mol. The van der Waals surface area contributed by atoms with Gasteiger partial charge in [-0.2, -0.15) is 0 Å². The van der Waals surface area contributed by atoms with Crippen molar-refractivity contribution < 1.29 is 19.4 Å². The van der Waals surface area contributed by atoms with Gasteiger partial charge in [-0.15, -0.1) is 0 Å². The maximum Gasteiger partial charge on any atom is 0.185 e. The van der Waals surface area contributed by atoms with Crippen molar-refractivity contribution in [2.75, 3.05) is 6.61 Å². The molecule has 0 amide bonds. The number of hydrogen-bond donors (Lipinski definition) is 1. The van der Waals surface area contributed by atoms with Gasteiger partial charge in [-0.1, -0.05) is 6.92 Å². The molecule has 1 N–H and O–H groups in total. The summed E-state index contributed by atoms with van der Waals surface area (Å²) >= 11 is 0. The van der Waals surface area contributed by atoms with Crippen molar-refractivity contribution >= 4 is 12.1 Å². The van der Waals surface area contributed by atoms with Gasteiger partial charge < -0.3 is 9.84 Å². The summed E-state index contributed by atoms with van der Waals surface area (Å²) in [6, 6.07) is 0. The molecule has 0 saturated carbocycles. The molecule has 0 bridgehead atoms. The number of ketones is 1. The Balaban J connectivity index is 3.09. The maximum absolute atomic E-state index is 11.7. The van der Waals surface area contributed by atoms with Crippen LogP contribution in [0.15, 0.2) is 23.7 Å². The quantitative estimate of drug-likeness (QED) is 0.702. The zero-order valence-electron chi connectivity index (χ0n) is 8.82. The molecule has 0 aromatic rings. The lowest BCUT2D eigenvalue weighted by molar-refractivity contribution is -0.123. The Morgan fingerprint density at radius 1 is 1.60 bits per heavy atom. The van der Waals surface area contributed by atoms with E-state index >= 15 is 0 Å². The zero-order chi connectivity index (χ0) is 11.5. The van der Waals surface area contributed by atoms with Crippen molar-refractivity contribution in [1.82, 2.24) is 0 Å². The topological polar surface area (TPSA) is 63.6 Å². The first kappa shape index (κ1) is 11.7. The Morgan fingerprint density at radius 3 is 2.73 bits per heavy atom. The number of carbonyl (C=O) groups excluding carboxylic acids is 2. The normalized spacial score (nSPS) is 25.0. The van der Waals surface area contributed by atoms with Crippen LogP contribution in [0.4, 0.5) is 0 Å². The molecular weight excluding hydrogens is 196 g/mol. The van der Waals surface area contributed by atoms with Gasteiger partial charge in [0.15, 0.2) is 12.0 Å². The van der Waals surface area contributed by atoms with E-state index in [0.29, 0.717) is 12.7 Å². The Kier molecular flexibility index (Phi) is 3.42. The lowest BCUT2D eigenvalue weighted by Gasteiger charge is -2.26. The van der Waals surface area contributed by atoms with Crippen molar-refractivity contribution in [3.8, 4) is 0 Å². The lowest BCUT2D eigenvalue weighted by atomic mass is 9.82. The number of aliphatic hydroxyl groups is 1. The molecule has 1 aliphatic rings. The van der Waals surface area contributed by atoms with Gasteiger partial charge >= 0.3 is 0 Å². The SMILES string of the molecule is CCC(=O)C1(C)C=C(C=O)OC(CO)=C1. The minimum atomic E-state index is -0.846. The molecule has 0 spiro atoms. The Labute approximate surface area is 88.2 Å². The van der Waals surface area contributed by atoms with Crippen LogP contribution in [0, 0.1) is 5.41 Å². The molecule has 0 aromatic heterocycles. The molecule has 4 nitrogen and oxygen atoms in total. The summed E-state index contributed by atoms with van der Waals surface area (Å²) in [6.07, 6.45) is 3.93. The first-order valence-electron chi connectivity index (χ1n) is 4.77. The molecule has 4 heteroatoms. The van der Waals surface area contributed by atoms with E-state index in [-0.39, 0.29) is 23.9 Å². The summed E-state index contributed by atoms with van der Waals surface area (Å²) in [7, 11) is 0. The summed E-state index contributed by atoms with van der Waals surface area (Å²) in [5.74, 6) is 0.297. The predicted octanol–water partition coefficient (Wildman–Crippen LogP) is 0.961. The van der Waals surface area contributed by atoms with E-state index in [0.717, 1.165) is 0 Å². The second-order valence-electron chi connectivity index (χ2n) is 3.59. The second kappa shape index (κ2) is 4.40. The molecule has 1 aliphatic heterocycles. The van der Waals surface area contributed by atoms with E-state index < -0.39 is 5.41 Å². The molecule has 1 unspecified atom stereocenters. The van der Waals surface area contributed by atoms with Crippen LogP contribution in [0.2, 0.25) is 0 Å². The first-order valence-corrected chi connectivity index (χ1v) is 4.77. The van der Waals surface area contributed by atoms with Crippen LogP contribution < -0.4 is 0 Å². The van der Waals surface area contributed by atoms with Crippen LogP contribution in [-0.4, -0.2) is 23.8 Å².